The topological polar surface area (TPSA) is 72.3 Å². The number of aromatic nitrogens is 5. The van der Waals surface area contributed by atoms with E-state index in [4.69, 9.17) is 15.0 Å². The van der Waals surface area contributed by atoms with Crippen molar-refractivity contribution in [2.45, 2.75) is 0 Å². The molecule has 0 aliphatic heterocycles. The van der Waals surface area contributed by atoms with Gasteiger partial charge in [-0.25, -0.2) is 4.98 Å². The third-order valence-electron chi connectivity index (χ3n) is 9.81. The molecule has 7 aromatic carbocycles. The Balaban J connectivity index is 1.34. The quantitative estimate of drug-likeness (QED) is 0.184. The van der Waals surface area contributed by atoms with Gasteiger partial charge in [-0.1, -0.05) is 121 Å². The van der Waals surface area contributed by atoms with Gasteiger partial charge in [-0.15, -0.1) is 0 Å². The van der Waals surface area contributed by atoms with Crippen LogP contribution in [0, 0.1) is 11.3 Å². The molecule has 10 aromatic rings. The number of nitrogens with zero attached hydrogens (tertiary/aromatic N) is 6. The van der Waals surface area contributed by atoms with Crippen LogP contribution in [-0.4, -0.2) is 24.1 Å². The van der Waals surface area contributed by atoms with Crippen molar-refractivity contribution in [3.8, 4) is 51.6 Å². The summed E-state index contributed by atoms with van der Waals surface area (Å²) in [6, 6.07) is 60.4. The number of para-hydroxylation sites is 2. The Morgan fingerprint density at radius 2 is 0.923 bits per heavy atom. The molecule has 6 nitrogen and oxygen atoms in total. The summed E-state index contributed by atoms with van der Waals surface area (Å²) >= 11 is 0. The molecule has 0 aliphatic rings. The van der Waals surface area contributed by atoms with E-state index in [-0.39, 0.29) is 0 Å². The molecule has 3 heterocycles. The molecule has 0 saturated carbocycles. The fourth-order valence-corrected chi connectivity index (χ4v) is 7.44. The van der Waals surface area contributed by atoms with Crippen molar-refractivity contribution in [2.75, 3.05) is 0 Å². The van der Waals surface area contributed by atoms with E-state index in [0.29, 0.717) is 23.2 Å². The van der Waals surface area contributed by atoms with Gasteiger partial charge in [-0.3, -0.25) is 4.57 Å². The average Bonchev–Trinajstić information content (AvgIpc) is 3.75. The minimum atomic E-state index is 0.516. The van der Waals surface area contributed by atoms with Gasteiger partial charge in [0.2, 0.25) is 5.95 Å². The molecule has 0 unspecified atom stereocenters. The Morgan fingerprint density at radius 3 is 1.56 bits per heavy atom. The van der Waals surface area contributed by atoms with Gasteiger partial charge in [0, 0.05) is 38.4 Å². The van der Waals surface area contributed by atoms with Crippen LogP contribution in [-0.2, 0) is 0 Å². The molecule has 0 spiro atoms. The highest BCUT2D eigenvalue weighted by Gasteiger charge is 2.23. The van der Waals surface area contributed by atoms with Crippen LogP contribution < -0.4 is 0 Å². The van der Waals surface area contributed by atoms with Gasteiger partial charge in [0.25, 0.3) is 0 Å². The first-order chi connectivity index (χ1) is 25.7. The smallest absolute Gasteiger partial charge is 0.238 e. The van der Waals surface area contributed by atoms with Crippen molar-refractivity contribution < 1.29 is 0 Å². The summed E-state index contributed by atoms with van der Waals surface area (Å²) in [7, 11) is 0. The van der Waals surface area contributed by atoms with Crippen LogP contribution in [0.3, 0.4) is 0 Å². The van der Waals surface area contributed by atoms with Crippen LogP contribution in [0.5, 0.6) is 0 Å². The first-order valence-electron chi connectivity index (χ1n) is 17.2. The molecule has 0 fully saturated rings. The van der Waals surface area contributed by atoms with Gasteiger partial charge in [-0.2, -0.15) is 15.2 Å². The Morgan fingerprint density at radius 1 is 0.404 bits per heavy atom. The number of nitriles is 1. The molecular weight excluding hydrogens is 637 g/mol. The first-order valence-corrected chi connectivity index (χ1v) is 17.2. The standard InChI is InChI=1S/C46H28N6/c47-29-30-22-24-33(25-23-30)45-48-44(32-14-5-2-6-15-32)49-46(50-45)52-41-21-10-8-19-37(41)39-27-26-38-36-18-7-9-20-40(36)51(42(38)43(39)52)35-17-11-16-34(28-35)31-12-3-1-4-13-31/h1-28H. The molecule has 0 saturated heterocycles. The Kier molecular flexibility index (Phi) is 6.76. The van der Waals surface area contributed by atoms with Gasteiger partial charge >= 0.3 is 0 Å². The lowest BCUT2D eigenvalue weighted by atomic mass is 10.1. The van der Waals surface area contributed by atoms with E-state index in [1.807, 2.05) is 48.5 Å². The summed E-state index contributed by atoms with van der Waals surface area (Å²) in [5.74, 6) is 1.61. The lowest BCUT2D eigenvalue weighted by molar-refractivity contribution is 0.953. The minimum Gasteiger partial charge on any atom is -0.307 e. The fraction of sp³-hybridized carbons (Fsp3) is 0. The van der Waals surface area contributed by atoms with Crippen molar-refractivity contribution >= 4 is 43.6 Å². The van der Waals surface area contributed by atoms with Gasteiger partial charge in [0.05, 0.1) is 33.7 Å². The number of hydrogen-bond acceptors (Lipinski definition) is 4. The first kappa shape index (κ1) is 29.5. The monoisotopic (exact) mass is 664 g/mol. The fourth-order valence-electron chi connectivity index (χ4n) is 7.44. The molecule has 3 aromatic heterocycles. The average molecular weight is 665 g/mol. The van der Waals surface area contributed by atoms with E-state index < -0.39 is 0 Å². The van der Waals surface area contributed by atoms with Gasteiger partial charge in [-0.05, 0) is 59.7 Å². The molecule has 0 atom stereocenters. The lowest BCUT2D eigenvalue weighted by Gasteiger charge is -2.14. The van der Waals surface area contributed by atoms with Crippen LogP contribution in [0.4, 0.5) is 0 Å². The van der Waals surface area contributed by atoms with Crippen LogP contribution in [0.1, 0.15) is 5.56 Å². The Bertz CT molecular complexity index is 3010. The lowest BCUT2D eigenvalue weighted by Crippen LogP contribution is -2.07. The van der Waals surface area contributed by atoms with Crippen molar-refractivity contribution in [3.05, 3.63) is 175 Å². The van der Waals surface area contributed by atoms with Crippen molar-refractivity contribution in [1.82, 2.24) is 24.1 Å². The second-order valence-electron chi connectivity index (χ2n) is 12.8. The summed E-state index contributed by atoms with van der Waals surface area (Å²) in [6.07, 6.45) is 0. The summed E-state index contributed by atoms with van der Waals surface area (Å²) < 4.78 is 4.58. The molecule has 242 valence electrons. The predicted octanol–water partition coefficient (Wildman–Crippen LogP) is 10.9. The van der Waals surface area contributed by atoms with Crippen molar-refractivity contribution in [1.29, 1.82) is 5.26 Å². The summed E-state index contributed by atoms with van der Waals surface area (Å²) in [5, 5.41) is 14.0. The zero-order valence-electron chi connectivity index (χ0n) is 27.8. The Hall–Kier alpha value is -7.36. The van der Waals surface area contributed by atoms with E-state index in [2.05, 4.69) is 124 Å². The maximum atomic E-state index is 9.48. The van der Waals surface area contributed by atoms with E-state index in [9.17, 15) is 5.26 Å². The van der Waals surface area contributed by atoms with Gasteiger partial charge in [0.15, 0.2) is 11.6 Å². The number of hydrogen-bond donors (Lipinski definition) is 0. The highest BCUT2D eigenvalue weighted by Crippen LogP contribution is 2.42. The summed E-state index contributed by atoms with van der Waals surface area (Å²) in [4.78, 5) is 15.4. The minimum absolute atomic E-state index is 0.516. The maximum Gasteiger partial charge on any atom is 0.238 e. The van der Waals surface area contributed by atoms with Crippen LogP contribution >= 0.6 is 0 Å². The summed E-state index contributed by atoms with van der Waals surface area (Å²) in [6.45, 7) is 0. The molecule has 0 N–H and O–H groups in total. The van der Waals surface area contributed by atoms with Crippen LogP contribution in [0.25, 0.3) is 89.2 Å². The molecule has 0 amide bonds. The van der Waals surface area contributed by atoms with Gasteiger partial charge in [0.1, 0.15) is 0 Å². The third kappa shape index (κ3) is 4.68. The van der Waals surface area contributed by atoms with E-state index in [1.54, 1.807) is 12.1 Å². The SMILES string of the molecule is N#Cc1ccc(-c2nc(-c3ccccc3)nc(-n3c4ccccc4c4ccc5c6ccccc6n(-c6cccc(-c7ccccc7)c6)c5c43)n2)cc1. The molecule has 10 rings (SSSR count). The Labute approximate surface area is 299 Å². The predicted molar refractivity (Wildman–Crippen MR) is 210 cm³/mol. The second kappa shape index (κ2) is 11.9. The molecule has 0 aliphatic carbocycles. The van der Waals surface area contributed by atoms with E-state index in [1.165, 1.54) is 10.9 Å². The normalized spacial score (nSPS) is 11.4. The molecule has 6 heteroatoms. The van der Waals surface area contributed by atoms with Crippen molar-refractivity contribution in [3.63, 3.8) is 0 Å². The van der Waals surface area contributed by atoms with Crippen molar-refractivity contribution in [2.24, 2.45) is 0 Å². The highest BCUT2D eigenvalue weighted by molar-refractivity contribution is 6.23. The highest BCUT2D eigenvalue weighted by atomic mass is 15.2. The molecular formula is C46H28N6. The van der Waals surface area contributed by atoms with Crippen LogP contribution in [0.2, 0.25) is 0 Å². The number of rotatable bonds is 5. The largest absolute Gasteiger partial charge is 0.307 e. The number of benzene rings is 7. The zero-order chi connectivity index (χ0) is 34.6. The van der Waals surface area contributed by atoms with E-state index in [0.717, 1.165) is 60.6 Å². The second-order valence-corrected chi connectivity index (χ2v) is 12.8. The molecule has 52 heavy (non-hydrogen) atoms. The summed E-state index contributed by atoms with van der Waals surface area (Å²) in [5.41, 5.74) is 9.84. The molecule has 0 bridgehead atoms. The molecule has 0 radical (unpaired) electrons. The van der Waals surface area contributed by atoms with Gasteiger partial charge < -0.3 is 4.57 Å². The van der Waals surface area contributed by atoms with E-state index >= 15 is 0 Å². The van der Waals surface area contributed by atoms with Crippen LogP contribution in [0.15, 0.2) is 170 Å². The maximum absolute atomic E-state index is 9.48. The zero-order valence-corrected chi connectivity index (χ0v) is 27.8. The number of fused-ring (bicyclic) bond motifs is 7. The third-order valence-corrected chi connectivity index (χ3v) is 9.81.